The standard InChI is InChI=1S/C24H32BN3O6/c1-16(2)21(25(32)33)28-22(29)17(3)26-23(30)20(14-18-10-6-4-7-11-18)27-24(31)34-15-19-12-8-5-9-13-19/h4-13,16-17,20-21,32-33H,14-15H2,1-3H3,(H,26,30)(H,27,31)(H,28,29)/t17-,20?,21-/m0/s1. The third kappa shape index (κ3) is 8.88. The Morgan fingerprint density at radius 2 is 1.38 bits per heavy atom. The van der Waals surface area contributed by atoms with Crippen LogP contribution in [0, 0.1) is 5.92 Å². The van der Waals surface area contributed by atoms with Crippen LogP contribution in [-0.2, 0) is 27.4 Å². The van der Waals surface area contributed by atoms with E-state index >= 15 is 0 Å². The van der Waals surface area contributed by atoms with Crippen LogP contribution in [0.3, 0.4) is 0 Å². The maximum atomic E-state index is 13.0. The van der Waals surface area contributed by atoms with Crippen LogP contribution in [-0.4, -0.2) is 53.1 Å². The van der Waals surface area contributed by atoms with Crippen LogP contribution in [0.4, 0.5) is 4.79 Å². The predicted octanol–water partition coefficient (Wildman–Crippen LogP) is 1.18. The van der Waals surface area contributed by atoms with Gasteiger partial charge < -0.3 is 30.7 Å². The van der Waals surface area contributed by atoms with Crippen molar-refractivity contribution >= 4 is 25.0 Å². The fourth-order valence-corrected chi connectivity index (χ4v) is 3.22. The maximum absolute atomic E-state index is 13.0. The zero-order valence-corrected chi connectivity index (χ0v) is 19.6. The third-order valence-corrected chi connectivity index (χ3v) is 5.20. The SMILES string of the molecule is CC(C)[C@H](NC(=O)[C@H](C)NC(=O)C(Cc1ccccc1)NC(=O)OCc1ccccc1)B(O)O. The minimum atomic E-state index is -1.74. The molecule has 0 fully saturated rings. The molecule has 2 aromatic rings. The van der Waals surface area contributed by atoms with Gasteiger partial charge >= 0.3 is 13.2 Å². The Labute approximate surface area is 200 Å². The van der Waals surface area contributed by atoms with Gasteiger partial charge in [-0.15, -0.1) is 0 Å². The number of ether oxygens (including phenoxy) is 1. The average Bonchev–Trinajstić information content (AvgIpc) is 2.81. The van der Waals surface area contributed by atoms with Gasteiger partial charge in [-0.2, -0.15) is 0 Å². The van der Waals surface area contributed by atoms with Crippen molar-refractivity contribution in [2.75, 3.05) is 0 Å². The fraction of sp³-hybridized carbons (Fsp3) is 0.375. The Kier molecular flexibility index (Phi) is 10.6. The molecule has 3 atom stereocenters. The molecule has 0 aliphatic heterocycles. The van der Waals surface area contributed by atoms with Gasteiger partial charge in [0.05, 0.1) is 5.94 Å². The lowest BCUT2D eigenvalue weighted by atomic mass is 9.73. The molecule has 182 valence electrons. The van der Waals surface area contributed by atoms with Crippen LogP contribution in [0.2, 0.25) is 0 Å². The van der Waals surface area contributed by atoms with Crippen molar-refractivity contribution in [2.24, 2.45) is 5.92 Å². The first-order valence-electron chi connectivity index (χ1n) is 11.2. The summed E-state index contributed by atoms with van der Waals surface area (Å²) < 4.78 is 5.24. The molecule has 0 aliphatic rings. The highest BCUT2D eigenvalue weighted by atomic mass is 16.5. The van der Waals surface area contributed by atoms with Crippen LogP contribution in [0.5, 0.6) is 0 Å². The van der Waals surface area contributed by atoms with E-state index < -0.39 is 43.1 Å². The summed E-state index contributed by atoms with van der Waals surface area (Å²) in [5.74, 6) is -2.28. The summed E-state index contributed by atoms with van der Waals surface area (Å²) in [6, 6.07) is 16.3. The van der Waals surface area contributed by atoms with E-state index in [9.17, 15) is 24.4 Å². The monoisotopic (exact) mass is 469 g/mol. The number of hydrogen-bond acceptors (Lipinski definition) is 6. The smallest absolute Gasteiger partial charge is 0.445 e. The van der Waals surface area contributed by atoms with Gasteiger partial charge in [-0.3, -0.25) is 9.59 Å². The van der Waals surface area contributed by atoms with E-state index in [0.717, 1.165) is 11.1 Å². The second kappa shape index (κ2) is 13.4. The van der Waals surface area contributed by atoms with Gasteiger partial charge in [-0.1, -0.05) is 74.5 Å². The van der Waals surface area contributed by atoms with Crippen LogP contribution < -0.4 is 16.0 Å². The maximum Gasteiger partial charge on any atom is 0.475 e. The molecule has 10 heteroatoms. The van der Waals surface area contributed by atoms with E-state index in [1.807, 2.05) is 60.7 Å². The third-order valence-electron chi connectivity index (χ3n) is 5.20. The molecule has 0 aromatic heterocycles. The predicted molar refractivity (Wildman–Crippen MR) is 128 cm³/mol. The molecule has 9 nitrogen and oxygen atoms in total. The minimum absolute atomic E-state index is 0.0469. The lowest BCUT2D eigenvalue weighted by Gasteiger charge is -2.25. The molecule has 0 saturated carbocycles. The van der Waals surface area contributed by atoms with Gasteiger partial charge in [0.25, 0.3) is 0 Å². The minimum Gasteiger partial charge on any atom is -0.445 e. The fourth-order valence-electron chi connectivity index (χ4n) is 3.22. The number of rotatable bonds is 11. The number of nitrogens with one attached hydrogen (secondary N) is 3. The topological polar surface area (TPSA) is 137 Å². The molecule has 2 rings (SSSR count). The van der Waals surface area contributed by atoms with Crippen LogP contribution in [0.25, 0.3) is 0 Å². The van der Waals surface area contributed by atoms with Crippen molar-refractivity contribution in [3.63, 3.8) is 0 Å². The normalized spacial score (nSPS) is 13.4. The quantitative estimate of drug-likeness (QED) is 0.314. The second-order valence-corrected chi connectivity index (χ2v) is 8.37. The van der Waals surface area contributed by atoms with Crippen molar-refractivity contribution < 1.29 is 29.2 Å². The van der Waals surface area contributed by atoms with Crippen molar-refractivity contribution in [1.82, 2.24) is 16.0 Å². The molecule has 0 radical (unpaired) electrons. The summed E-state index contributed by atoms with van der Waals surface area (Å²) in [5, 5.41) is 26.6. The van der Waals surface area contributed by atoms with Gasteiger partial charge in [0, 0.05) is 6.42 Å². The molecule has 2 aromatic carbocycles. The van der Waals surface area contributed by atoms with Gasteiger partial charge in [-0.25, -0.2) is 4.79 Å². The summed E-state index contributed by atoms with van der Waals surface area (Å²) in [6.07, 6.45) is -0.578. The Hall–Kier alpha value is -3.37. The van der Waals surface area contributed by atoms with Crippen LogP contribution in [0.1, 0.15) is 31.9 Å². The van der Waals surface area contributed by atoms with E-state index in [1.54, 1.807) is 13.8 Å². The molecule has 5 N–H and O–H groups in total. The average molecular weight is 469 g/mol. The van der Waals surface area contributed by atoms with E-state index in [4.69, 9.17) is 4.74 Å². The number of carbonyl (C=O) groups excluding carboxylic acids is 3. The van der Waals surface area contributed by atoms with Crippen molar-refractivity contribution in [1.29, 1.82) is 0 Å². The molecule has 0 spiro atoms. The summed E-state index contributed by atoms with van der Waals surface area (Å²) in [6.45, 7) is 4.98. The molecule has 0 saturated heterocycles. The molecule has 34 heavy (non-hydrogen) atoms. The Morgan fingerprint density at radius 1 is 0.824 bits per heavy atom. The van der Waals surface area contributed by atoms with E-state index in [2.05, 4.69) is 16.0 Å². The summed E-state index contributed by atoms with van der Waals surface area (Å²) in [4.78, 5) is 37.9. The highest BCUT2D eigenvalue weighted by Crippen LogP contribution is 2.07. The zero-order valence-electron chi connectivity index (χ0n) is 19.6. The molecule has 0 heterocycles. The molecule has 1 unspecified atom stereocenters. The number of alkyl carbamates (subject to hydrolysis) is 1. The summed E-state index contributed by atoms with van der Waals surface area (Å²) >= 11 is 0. The molecule has 3 amide bonds. The Bertz CT molecular complexity index is 919. The van der Waals surface area contributed by atoms with Gasteiger partial charge in [-0.05, 0) is 24.0 Å². The lowest BCUT2D eigenvalue weighted by Crippen LogP contribution is -2.57. The summed E-state index contributed by atoms with van der Waals surface area (Å²) in [7, 11) is -1.74. The van der Waals surface area contributed by atoms with Gasteiger partial charge in [0.2, 0.25) is 11.8 Å². The van der Waals surface area contributed by atoms with Crippen molar-refractivity contribution in [3.8, 4) is 0 Å². The number of benzene rings is 2. The van der Waals surface area contributed by atoms with E-state index in [0.29, 0.717) is 0 Å². The van der Waals surface area contributed by atoms with E-state index in [1.165, 1.54) is 6.92 Å². The van der Waals surface area contributed by atoms with Crippen LogP contribution in [0.15, 0.2) is 60.7 Å². The van der Waals surface area contributed by atoms with E-state index in [-0.39, 0.29) is 18.9 Å². The lowest BCUT2D eigenvalue weighted by molar-refractivity contribution is -0.129. The largest absolute Gasteiger partial charge is 0.475 e. The first-order chi connectivity index (χ1) is 16.2. The number of amides is 3. The first kappa shape index (κ1) is 26.9. The van der Waals surface area contributed by atoms with Crippen molar-refractivity contribution in [3.05, 3.63) is 71.8 Å². The van der Waals surface area contributed by atoms with Gasteiger partial charge in [0.1, 0.15) is 18.7 Å². The second-order valence-electron chi connectivity index (χ2n) is 8.37. The Balaban J connectivity index is 2.03. The number of hydrogen-bond donors (Lipinski definition) is 5. The first-order valence-corrected chi connectivity index (χ1v) is 11.2. The molecule has 0 aliphatic carbocycles. The van der Waals surface area contributed by atoms with Crippen LogP contribution >= 0.6 is 0 Å². The summed E-state index contributed by atoms with van der Waals surface area (Å²) in [5.41, 5.74) is 1.61. The highest BCUT2D eigenvalue weighted by molar-refractivity contribution is 6.43. The molecule has 0 bridgehead atoms. The number of carbonyl (C=O) groups is 3. The zero-order chi connectivity index (χ0) is 25.1. The van der Waals surface area contributed by atoms with Crippen molar-refractivity contribution in [2.45, 2.75) is 51.8 Å². The highest BCUT2D eigenvalue weighted by Gasteiger charge is 2.31. The Morgan fingerprint density at radius 3 is 1.91 bits per heavy atom. The van der Waals surface area contributed by atoms with Gasteiger partial charge in [0.15, 0.2) is 0 Å². The molecular formula is C24H32BN3O6. The molecular weight excluding hydrogens is 437 g/mol.